The number of hydrogen-bond acceptors (Lipinski definition) is 3. The molecule has 3 rings (SSSR count). The van der Waals surface area contributed by atoms with Crippen molar-refractivity contribution in [2.24, 2.45) is 0 Å². The number of amides is 1. The molecule has 5 nitrogen and oxygen atoms in total. The van der Waals surface area contributed by atoms with Gasteiger partial charge in [-0.05, 0) is 31.7 Å². The molecule has 0 bridgehead atoms. The Morgan fingerprint density at radius 1 is 1.28 bits per heavy atom. The smallest absolute Gasteiger partial charge is 0.305 e. The van der Waals surface area contributed by atoms with E-state index in [4.69, 9.17) is 9.84 Å². The zero-order chi connectivity index (χ0) is 18.0. The van der Waals surface area contributed by atoms with Gasteiger partial charge in [0.25, 0.3) is 0 Å². The molecule has 1 unspecified atom stereocenters. The lowest BCUT2D eigenvalue weighted by molar-refractivity contribution is -0.145. The number of ether oxygens (including phenoxy) is 1. The summed E-state index contributed by atoms with van der Waals surface area (Å²) >= 11 is 0. The van der Waals surface area contributed by atoms with Crippen LogP contribution in [-0.4, -0.2) is 47.7 Å². The van der Waals surface area contributed by atoms with Gasteiger partial charge in [-0.3, -0.25) is 9.59 Å². The van der Waals surface area contributed by atoms with Gasteiger partial charge in [0, 0.05) is 37.4 Å². The molecule has 0 radical (unpaired) electrons. The van der Waals surface area contributed by atoms with Gasteiger partial charge in [0.2, 0.25) is 5.91 Å². The second-order valence-electron chi connectivity index (χ2n) is 6.71. The third-order valence-electron chi connectivity index (χ3n) is 5.25. The summed E-state index contributed by atoms with van der Waals surface area (Å²) in [6.07, 6.45) is 1.82. The average Bonchev–Trinajstić information content (AvgIpc) is 3.02. The fraction of sp³-hybridized carbons (Fsp3) is 0.556. The molecule has 0 aliphatic carbocycles. The summed E-state index contributed by atoms with van der Waals surface area (Å²) in [5, 5.41) is 9.08. The van der Waals surface area contributed by atoms with E-state index in [1.54, 1.807) is 4.90 Å². The van der Waals surface area contributed by atoms with Gasteiger partial charge >= 0.3 is 5.97 Å². The molecule has 2 saturated heterocycles. The van der Waals surface area contributed by atoms with Crippen molar-refractivity contribution in [2.75, 3.05) is 19.8 Å². The molecule has 0 aromatic heterocycles. The predicted molar refractivity (Wildman–Crippen MR) is 85.1 cm³/mol. The Labute approximate surface area is 144 Å². The highest BCUT2D eigenvalue weighted by atomic mass is 19.1. The Morgan fingerprint density at radius 3 is 2.64 bits per heavy atom. The van der Waals surface area contributed by atoms with Crippen LogP contribution in [-0.2, 0) is 19.7 Å². The van der Waals surface area contributed by atoms with Crippen LogP contribution in [0, 0.1) is 11.6 Å². The number of carbonyl (C=O) groups is 2. The minimum absolute atomic E-state index is 0.121. The second-order valence-corrected chi connectivity index (χ2v) is 6.71. The number of halogens is 2. The molecule has 2 heterocycles. The molecule has 2 aliphatic heterocycles. The zero-order valence-electron chi connectivity index (χ0n) is 13.8. The third kappa shape index (κ3) is 3.38. The molecule has 1 atom stereocenters. The number of nitrogens with zero attached hydrogens (tertiary/aromatic N) is 1. The van der Waals surface area contributed by atoms with E-state index in [1.807, 2.05) is 0 Å². The lowest BCUT2D eigenvalue weighted by Gasteiger charge is -2.40. The van der Waals surface area contributed by atoms with Crippen LogP contribution in [0.15, 0.2) is 18.2 Å². The van der Waals surface area contributed by atoms with Crippen molar-refractivity contribution in [1.29, 1.82) is 0 Å². The number of hydrogen-bond donors (Lipinski definition) is 1. The highest BCUT2D eigenvalue weighted by Crippen LogP contribution is 2.40. The first-order chi connectivity index (χ1) is 11.9. The van der Waals surface area contributed by atoms with Gasteiger partial charge in [-0.15, -0.1) is 0 Å². The molecule has 0 saturated carbocycles. The van der Waals surface area contributed by atoms with E-state index in [-0.39, 0.29) is 23.9 Å². The highest BCUT2D eigenvalue weighted by Gasteiger charge is 2.48. The number of carboxylic acids is 1. The summed E-state index contributed by atoms with van der Waals surface area (Å²) in [6, 6.07) is 2.89. The van der Waals surface area contributed by atoms with Gasteiger partial charge in [0.15, 0.2) is 0 Å². The van der Waals surface area contributed by atoms with Crippen molar-refractivity contribution in [3.8, 4) is 0 Å². The molecule has 1 aromatic carbocycles. The van der Waals surface area contributed by atoms with Crippen molar-refractivity contribution in [3.63, 3.8) is 0 Å². The minimum atomic E-state index is -1.13. The van der Waals surface area contributed by atoms with E-state index in [0.29, 0.717) is 39.0 Å². The van der Waals surface area contributed by atoms with Crippen LogP contribution in [0.3, 0.4) is 0 Å². The summed E-state index contributed by atoms with van der Waals surface area (Å²) in [6.45, 7) is 1.07. The molecule has 2 aliphatic rings. The maximum atomic E-state index is 14.5. The third-order valence-corrected chi connectivity index (χ3v) is 5.25. The van der Waals surface area contributed by atoms with E-state index in [2.05, 4.69) is 0 Å². The van der Waals surface area contributed by atoms with E-state index in [1.165, 1.54) is 6.07 Å². The van der Waals surface area contributed by atoms with Gasteiger partial charge in [0.1, 0.15) is 11.6 Å². The molecule has 1 amide bonds. The van der Waals surface area contributed by atoms with Crippen LogP contribution in [0.2, 0.25) is 0 Å². The summed E-state index contributed by atoms with van der Waals surface area (Å²) in [7, 11) is 0. The molecule has 7 heteroatoms. The normalized spacial score (nSPS) is 22.8. The maximum Gasteiger partial charge on any atom is 0.305 e. The van der Waals surface area contributed by atoms with Gasteiger partial charge in [0.05, 0.1) is 11.8 Å². The molecule has 1 aromatic rings. The summed E-state index contributed by atoms with van der Waals surface area (Å²) in [4.78, 5) is 26.0. The number of likely N-dealkylation sites (tertiary alicyclic amines) is 1. The van der Waals surface area contributed by atoms with E-state index in [0.717, 1.165) is 18.6 Å². The second kappa shape index (κ2) is 7.07. The number of rotatable bonds is 4. The lowest BCUT2D eigenvalue weighted by Crippen LogP contribution is -2.52. The quantitative estimate of drug-likeness (QED) is 0.903. The van der Waals surface area contributed by atoms with Gasteiger partial charge in [-0.2, -0.15) is 0 Å². The predicted octanol–water partition coefficient (Wildman–Crippen LogP) is 2.48. The first kappa shape index (κ1) is 17.8. The van der Waals surface area contributed by atoms with Crippen molar-refractivity contribution in [1.82, 2.24) is 4.90 Å². The van der Waals surface area contributed by atoms with Crippen LogP contribution in [0.1, 0.15) is 37.7 Å². The van der Waals surface area contributed by atoms with Crippen LogP contribution >= 0.6 is 0 Å². The monoisotopic (exact) mass is 353 g/mol. The number of aliphatic carboxylic acids is 1. The summed E-state index contributed by atoms with van der Waals surface area (Å²) < 4.78 is 33.2. The molecule has 1 N–H and O–H groups in total. The number of carbonyl (C=O) groups excluding carboxylic acids is 1. The Morgan fingerprint density at radius 2 is 2.00 bits per heavy atom. The fourth-order valence-corrected chi connectivity index (χ4v) is 3.99. The summed E-state index contributed by atoms with van der Waals surface area (Å²) in [5.74, 6) is -2.67. The van der Waals surface area contributed by atoms with Crippen molar-refractivity contribution < 1.29 is 28.2 Å². The van der Waals surface area contributed by atoms with Gasteiger partial charge < -0.3 is 14.7 Å². The Hall–Kier alpha value is -2.02. The lowest BCUT2D eigenvalue weighted by atomic mass is 9.72. The van der Waals surface area contributed by atoms with Crippen LogP contribution in [0.4, 0.5) is 8.78 Å². The topological polar surface area (TPSA) is 66.8 Å². The molecule has 25 heavy (non-hydrogen) atoms. The van der Waals surface area contributed by atoms with E-state index in [9.17, 15) is 18.4 Å². The van der Waals surface area contributed by atoms with Gasteiger partial charge in [-0.1, -0.05) is 6.07 Å². The molecule has 136 valence electrons. The number of carboxylic acid groups (broad SMARTS) is 1. The van der Waals surface area contributed by atoms with Crippen molar-refractivity contribution >= 4 is 11.9 Å². The Bertz CT molecular complexity index is 673. The molecular weight excluding hydrogens is 332 g/mol. The van der Waals surface area contributed by atoms with Crippen LogP contribution < -0.4 is 0 Å². The van der Waals surface area contributed by atoms with Crippen molar-refractivity contribution in [2.45, 2.75) is 43.6 Å². The van der Waals surface area contributed by atoms with Crippen LogP contribution in [0.5, 0.6) is 0 Å². The highest BCUT2D eigenvalue weighted by molar-refractivity contribution is 5.89. The average molecular weight is 353 g/mol. The standard InChI is InChI=1S/C18H21F2NO4/c19-12-3-4-14(15(20)10-12)18(5-8-25-9-6-18)17(24)21-7-1-2-13(21)11-16(22)23/h3-4,10,13H,1-2,5-9,11H2,(H,22,23). The Balaban J connectivity index is 1.97. The SMILES string of the molecule is O=C(O)CC1CCCN1C(=O)C1(c2ccc(F)cc2F)CCOCC1. The summed E-state index contributed by atoms with van der Waals surface area (Å²) in [5.41, 5.74) is -0.958. The minimum Gasteiger partial charge on any atom is -0.481 e. The van der Waals surface area contributed by atoms with Crippen molar-refractivity contribution in [3.05, 3.63) is 35.4 Å². The Kier molecular flexibility index (Phi) is 5.03. The fourth-order valence-electron chi connectivity index (χ4n) is 3.99. The molecular formula is C18H21F2NO4. The van der Waals surface area contributed by atoms with Gasteiger partial charge in [-0.25, -0.2) is 8.78 Å². The first-order valence-electron chi connectivity index (χ1n) is 8.50. The molecule has 0 spiro atoms. The maximum absolute atomic E-state index is 14.5. The largest absolute Gasteiger partial charge is 0.481 e. The van der Waals surface area contributed by atoms with E-state index < -0.39 is 23.0 Å². The van der Waals surface area contributed by atoms with Crippen LogP contribution in [0.25, 0.3) is 0 Å². The zero-order valence-corrected chi connectivity index (χ0v) is 13.8. The number of benzene rings is 1. The van der Waals surface area contributed by atoms with E-state index >= 15 is 0 Å². The first-order valence-corrected chi connectivity index (χ1v) is 8.50. The molecule has 2 fully saturated rings.